The summed E-state index contributed by atoms with van der Waals surface area (Å²) in [6.45, 7) is 0. The number of nitrogens with two attached hydrogens (primary N) is 1. The SMILES string of the molecule is COc1cccc(OC)c1C(N)c1cc(F)c(Br)cc1F. The lowest BCUT2D eigenvalue weighted by Crippen LogP contribution is -2.16. The van der Waals surface area contributed by atoms with Crippen molar-refractivity contribution in [2.24, 2.45) is 5.73 Å². The maximum absolute atomic E-state index is 14.1. The van der Waals surface area contributed by atoms with E-state index in [9.17, 15) is 8.78 Å². The van der Waals surface area contributed by atoms with Crippen molar-refractivity contribution in [3.05, 3.63) is 57.6 Å². The van der Waals surface area contributed by atoms with Crippen molar-refractivity contribution in [3.63, 3.8) is 0 Å². The number of methoxy groups -OCH3 is 2. The molecule has 2 rings (SSSR count). The highest BCUT2D eigenvalue weighted by molar-refractivity contribution is 9.10. The summed E-state index contributed by atoms with van der Waals surface area (Å²) < 4.78 is 38.3. The molecule has 0 aliphatic rings. The molecule has 0 spiro atoms. The van der Waals surface area contributed by atoms with E-state index in [0.29, 0.717) is 17.1 Å². The molecule has 0 fully saturated rings. The standard InChI is InChI=1S/C15H14BrF2NO2/c1-20-12-4-3-5-13(21-2)14(12)15(19)8-6-11(18)9(16)7-10(8)17/h3-7,15H,19H2,1-2H3. The van der Waals surface area contributed by atoms with Gasteiger partial charge in [0.05, 0.1) is 30.3 Å². The summed E-state index contributed by atoms with van der Waals surface area (Å²) in [5, 5.41) is 0. The molecule has 0 aromatic heterocycles. The predicted octanol–water partition coefficient (Wildman–Crippen LogP) is 3.79. The fraction of sp³-hybridized carbons (Fsp3) is 0.200. The number of hydrogen-bond acceptors (Lipinski definition) is 3. The average molecular weight is 358 g/mol. The van der Waals surface area contributed by atoms with Crippen LogP contribution in [0, 0.1) is 11.6 Å². The monoisotopic (exact) mass is 357 g/mol. The van der Waals surface area contributed by atoms with Crippen LogP contribution in [-0.4, -0.2) is 14.2 Å². The number of halogens is 3. The first kappa shape index (κ1) is 15.7. The van der Waals surface area contributed by atoms with Gasteiger partial charge in [-0.1, -0.05) is 6.07 Å². The smallest absolute Gasteiger partial charge is 0.137 e. The summed E-state index contributed by atoms with van der Waals surface area (Å²) in [6, 6.07) is 6.29. The molecule has 0 saturated heterocycles. The molecule has 0 saturated carbocycles. The van der Waals surface area contributed by atoms with Gasteiger partial charge in [-0.25, -0.2) is 8.78 Å². The zero-order valence-electron chi connectivity index (χ0n) is 11.5. The van der Waals surface area contributed by atoms with E-state index >= 15 is 0 Å². The second kappa shape index (κ2) is 6.41. The Morgan fingerprint density at radius 3 is 2.14 bits per heavy atom. The maximum Gasteiger partial charge on any atom is 0.137 e. The first-order valence-electron chi connectivity index (χ1n) is 6.10. The Bertz CT molecular complexity index is 642. The largest absolute Gasteiger partial charge is 0.496 e. The molecule has 3 nitrogen and oxygen atoms in total. The number of rotatable bonds is 4. The minimum Gasteiger partial charge on any atom is -0.496 e. The minimum absolute atomic E-state index is 0.0264. The van der Waals surface area contributed by atoms with Gasteiger partial charge in [0.1, 0.15) is 23.1 Å². The van der Waals surface area contributed by atoms with Crippen LogP contribution in [0.5, 0.6) is 11.5 Å². The van der Waals surface area contributed by atoms with Crippen LogP contribution in [0.2, 0.25) is 0 Å². The van der Waals surface area contributed by atoms with E-state index in [2.05, 4.69) is 15.9 Å². The van der Waals surface area contributed by atoms with Gasteiger partial charge < -0.3 is 15.2 Å². The van der Waals surface area contributed by atoms with Crippen LogP contribution in [0.15, 0.2) is 34.8 Å². The lowest BCUT2D eigenvalue weighted by molar-refractivity contribution is 0.381. The fourth-order valence-electron chi connectivity index (χ4n) is 2.12. The van der Waals surface area contributed by atoms with Crippen LogP contribution in [-0.2, 0) is 0 Å². The van der Waals surface area contributed by atoms with Crippen molar-refractivity contribution in [2.75, 3.05) is 14.2 Å². The van der Waals surface area contributed by atoms with E-state index in [1.165, 1.54) is 14.2 Å². The molecule has 0 amide bonds. The van der Waals surface area contributed by atoms with Gasteiger partial charge in [0.15, 0.2) is 0 Å². The van der Waals surface area contributed by atoms with E-state index in [0.717, 1.165) is 12.1 Å². The molecule has 112 valence electrons. The maximum atomic E-state index is 14.1. The Balaban J connectivity index is 2.59. The molecule has 6 heteroatoms. The topological polar surface area (TPSA) is 44.5 Å². The molecule has 0 bridgehead atoms. The molecule has 2 aromatic carbocycles. The van der Waals surface area contributed by atoms with Crippen molar-refractivity contribution in [1.82, 2.24) is 0 Å². The number of ether oxygens (including phenoxy) is 2. The summed E-state index contributed by atoms with van der Waals surface area (Å²) in [4.78, 5) is 0. The van der Waals surface area contributed by atoms with Gasteiger partial charge in [0.2, 0.25) is 0 Å². The number of hydrogen-bond donors (Lipinski definition) is 1. The lowest BCUT2D eigenvalue weighted by Gasteiger charge is -2.20. The minimum atomic E-state index is -0.918. The molecule has 2 aromatic rings. The molecular formula is C15H14BrF2NO2. The van der Waals surface area contributed by atoms with Crippen molar-refractivity contribution in [2.45, 2.75) is 6.04 Å². The molecular weight excluding hydrogens is 344 g/mol. The van der Waals surface area contributed by atoms with Crippen molar-refractivity contribution < 1.29 is 18.3 Å². The van der Waals surface area contributed by atoms with E-state index < -0.39 is 17.7 Å². The normalized spacial score (nSPS) is 12.1. The molecule has 1 unspecified atom stereocenters. The Kier molecular flexibility index (Phi) is 4.80. The van der Waals surface area contributed by atoms with E-state index in [-0.39, 0.29) is 10.0 Å². The third kappa shape index (κ3) is 3.01. The molecule has 1 atom stereocenters. The van der Waals surface area contributed by atoms with Crippen LogP contribution in [0.25, 0.3) is 0 Å². The van der Waals surface area contributed by atoms with Gasteiger partial charge in [-0.3, -0.25) is 0 Å². The van der Waals surface area contributed by atoms with Crippen molar-refractivity contribution >= 4 is 15.9 Å². The third-order valence-corrected chi connectivity index (χ3v) is 3.76. The Labute approximate surface area is 129 Å². The van der Waals surface area contributed by atoms with Crippen LogP contribution in [0.1, 0.15) is 17.2 Å². The quantitative estimate of drug-likeness (QED) is 0.846. The molecule has 0 aliphatic carbocycles. The third-order valence-electron chi connectivity index (χ3n) is 3.15. The van der Waals surface area contributed by atoms with Crippen molar-refractivity contribution in [1.29, 1.82) is 0 Å². The Hall–Kier alpha value is -1.66. The molecule has 0 radical (unpaired) electrons. The van der Waals surface area contributed by atoms with Gasteiger partial charge >= 0.3 is 0 Å². The molecule has 21 heavy (non-hydrogen) atoms. The van der Waals surface area contributed by atoms with Gasteiger partial charge in [0, 0.05) is 5.56 Å². The first-order chi connectivity index (χ1) is 9.99. The van der Waals surface area contributed by atoms with E-state index in [1.54, 1.807) is 18.2 Å². The van der Waals surface area contributed by atoms with Crippen LogP contribution < -0.4 is 15.2 Å². The van der Waals surface area contributed by atoms with Crippen LogP contribution in [0.4, 0.5) is 8.78 Å². The summed E-state index contributed by atoms with van der Waals surface area (Å²) in [6.07, 6.45) is 0. The van der Waals surface area contributed by atoms with Gasteiger partial charge in [0.25, 0.3) is 0 Å². The predicted molar refractivity (Wildman–Crippen MR) is 79.6 cm³/mol. The highest BCUT2D eigenvalue weighted by Gasteiger charge is 2.23. The Morgan fingerprint density at radius 2 is 1.62 bits per heavy atom. The van der Waals surface area contributed by atoms with Gasteiger partial charge in [-0.15, -0.1) is 0 Å². The Morgan fingerprint density at radius 1 is 1.05 bits per heavy atom. The van der Waals surface area contributed by atoms with Crippen molar-refractivity contribution in [3.8, 4) is 11.5 Å². The van der Waals surface area contributed by atoms with Gasteiger partial charge in [-0.05, 0) is 40.2 Å². The second-order valence-electron chi connectivity index (χ2n) is 4.34. The summed E-state index contributed by atoms with van der Waals surface area (Å²) in [7, 11) is 2.95. The number of benzene rings is 2. The summed E-state index contributed by atoms with van der Waals surface area (Å²) >= 11 is 2.94. The fourth-order valence-corrected chi connectivity index (χ4v) is 2.43. The van der Waals surface area contributed by atoms with E-state index in [4.69, 9.17) is 15.2 Å². The average Bonchev–Trinajstić information content (AvgIpc) is 2.49. The summed E-state index contributed by atoms with van der Waals surface area (Å²) in [5.74, 6) is -0.298. The van der Waals surface area contributed by atoms with Gasteiger partial charge in [-0.2, -0.15) is 0 Å². The van der Waals surface area contributed by atoms with Crippen LogP contribution >= 0.6 is 15.9 Å². The molecule has 0 aliphatic heterocycles. The highest BCUT2D eigenvalue weighted by atomic mass is 79.9. The second-order valence-corrected chi connectivity index (χ2v) is 5.20. The highest BCUT2D eigenvalue weighted by Crippen LogP contribution is 2.37. The van der Waals surface area contributed by atoms with Crippen LogP contribution in [0.3, 0.4) is 0 Å². The first-order valence-corrected chi connectivity index (χ1v) is 6.89. The zero-order valence-corrected chi connectivity index (χ0v) is 13.1. The summed E-state index contributed by atoms with van der Waals surface area (Å²) in [5.41, 5.74) is 6.59. The molecule has 0 heterocycles. The lowest BCUT2D eigenvalue weighted by atomic mass is 9.97. The van der Waals surface area contributed by atoms with E-state index in [1.807, 2.05) is 0 Å². The zero-order chi connectivity index (χ0) is 15.6. The molecule has 2 N–H and O–H groups in total.